The molecule has 2 heterocycles. The maximum atomic E-state index is 13.2. The largest absolute Gasteiger partial charge is 0.341 e. The van der Waals surface area contributed by atoms with E-state index in [0.717, 1.165) is 44.0 Å². The standard InChI is InChI=1S/C21H30FN5O/c1-15(2)19-14-27(21(28)10-9-20-23-16(3)24-25-20)12-4-11-26(19)13-17-5-7-18(22)8-6-17/h5-8,15,19H,4,9-14H2,1-3H3,(H,23,24,25). The average Bonchev–Trinajstić information content (AvgIpc) is 2.96. The molecule has 0 spiro atoms. The molecule has 2 aromatic rings. The minimum Gasteiger partial charge on any atom is -0.341 e. The molecule has 0 radical (unpaired) electrons. The number of hydrogen-bond donors (Lipinski definition) is 1. The molecule has 1 amide bonds. The second-order valence-electron chi connectivity index (χ2n) is 7.94. The van der Waals surface area contributed by atoms with Crippen LogP contribution in [0.1, 0.15) is 43.9 Å². The van der Waals surface area contributed by atoms with E-state index in [1.807, 2.05) is 24.0 Å². The number of carbonyl (C=O) groups is 1. The molecule has 1 aromatic carbocycles. The van der Waals surface area contributed by atoms with Crippen molar-refractivity contribution in [3.63, 3.8) is 0 Å². The number of nitrogens with one attached hydrogen (secondary N) is 1. The Morgan fingerprint density at radius 3 is 2.68 bits per heavy atom. The molecule has 0 saturated carbocycles. The fourth-order valence-electron chi connectivity index (χ4n) is 3.82. The highest BCUT2D eigenvalue weighted by atomic mass is 19.1. The molecule has 1 N–H and O–H groups in total. The van der Waals surface area contributed by atoms with E-state index in [1.165, 1.54) is 12.1 Å². The van der Waals surface area contributed by atoms with Crippen molar-refractivity contribution in [3.05, 3.63) is 47.3 Å². The Morgan fingerprint density at radius 2 is 2.04 bits per heavy atom. The van der Waals surface area contributed by atoms with Gasteiger partial charge < -0.3 is 4.90 Å². The molecule has 3 rings (SSSR count). The van der Waals surface area contributed by atoms with Crippen LogP contribution in [0.25, 0.3) is 0 Å². The molecule has 152 valence electrons. The first kappa shape index (κ1) is 20.5. The molecule has 1 unspecified atom stereocenters. The Bertz CT molecular complexity index is 773. The third-order valence-electron chi connectivity index (χ3n) is 5.38. The van der Waals surface area contributed by atoms with Gasteiger partial charge in [0.1, 0.15) is 11.6 Å². The third-order valence-corrected chi connectivity index (χ3v) is 5.38. The van der Waals surface area contributed by atoms with E-state index in [0.29, 0.717) is 24.6 Å². The predicted octanol–water partition coefficient (Wildman–Crippen LogP) is 2.94. The highest BCUT2D eigenvalue weighted by Crippen LogP contribution is 2.21. The number of rotatable bonds is 6. The lowest BCUT2D eigenvalue weighted by Gasteiger charge is -2.34. The quantitative estimate of drug-likeness (QED) is 0.828. The number of halogens is 1. The van der Waals surface area contributed by atoms with Gasteiger partial charge in [-0.15, -0.1) is 0 Å². The molecule has 7 heteroatoms. The van der Waals surface area contributed by atoms with Crippen molar-refractivity contribution >= 4 is 5.91 Å². The van der Waals surface area contributed by atoms with Crippen LogP contribution in [0.3, 0.4) is 0 Å². The Balaban J connectivity index is 1.62. The fourth-order valence-corrected chi connectivity index (χ4v) is 3.82. The number of nitrogens with zero attached hydrogens (tertiary/aromatic N) is 4. The molecular weight excluding hydrogens is 357 g/mol. The fraction of sp³-hybridized carbons (Fsp3) is 0.571. The van der Waals surface area contributed by atoms with Gasteiger partial charge >= 0.3 is 0 Å². The van der Waals surface area contributed by atoms with Crippen LogP contribution in [0, 0.1) is 18.7 Å². The molecule has 1 saturated heterocycles. The number of hydrogen-bond acceptors (Lipinski definition) is 4. The molecule has 0 aliphatic carbocycles. The zero-order chi connectivity index (χ0) is 20.1. The normalized spacial score (nSPS) is 18.5. The minimum atomic E-state index is -0.210. The van der Waals surface area contributed by atoms with Crippen LogP contribution >= 0.6 is 0 Å². The van der Waals surface area contributed by atoms with Gasteiger partial charge in [-0.25, -0.2) is 9.37 Å². The van der Waals surface area contributed by atoms with Gasteiger partial charge in [0, 0.05) is 45.1 Å². The van der Waals surface area contributed by atoms with Crippen molar-refractivity contribution in [1.29, 1.82) is 0 Å². The second kappa shape index (κ2) is 9.28. The van der Waals surface area contributed by atoms with Gasteiger partial charge in [0.15, 0.2) is 5.82 Å². The molecule has 1 aromatic heterocycles. The summed E-state index contributed by atoms with van der Waals surface area (Å²) >= 11 is 0. The van der Waals surface area contributed by atoms with Crippen molar-refractivity contribution in [2.75, 3.05) is 19.6 Å². The molecule has 1 atom stereocenters. The van der Waals surface area contributed by atoms with E-state index in [1.54, 1.807) is 0 Å². The monoisotopic (exact) mass is 387 g/mol. The van der Waals surface area contributed by atoms with Crippen molar-refractivity contribution < 1.29 is 9.18 Å². The molecule has 28 heavy (non-hydrogen) atoms. The van der Waals surface area contributed by atoms with E-state index in [9.17, 15) is 9.18 Å². The Labute approximate surface area is 166 Å². The topological polar surface area (TPSA) is 65.1 Å². The number of aromatic nitrogens is 3. The van der Waals surface area contributed by atoms with Gasteiger partial charge in [0.2, 0.25) is 5.91 Å². The Kier molecular flexibility index (Phi) is 6.78. The zero-order valence-corrected chi connectivity index (χ0v) is 17.0. The lowest BCUT2D eigenvalue weighted by molar-refractivity contribution is -0.131. The van der Waals surface area contributed by atoms with E-state index in [2.05, 4.69) is 33.9 Å². The first-order valence-corrected chi connectivity index (χ1v) is 10.1. The van der Waals surface area contributed by atoms with Gasteiger partial charge in [-0.2, -0.15) is 5.10 Å². The maximum Gasteiger partial charge on any atom is 0.223 e. The Hall–Kier alpha value is -2.28. The van der Waals surface area contributed by atoms with Crippen LogP contribution in [0.15, 0.2) is 24.3 Å². The molecule has 6 nitrogen and oxygen atoms in total. The van der Waals surface area contributed by atoms with E-state index in [4.69, 9.17) is 0 Å². The van der Waals surface area contributed by atoms with Crippen molar-refractivity contribution in [2.45, 2.75) is 52.6 Å². The van der Waals surface area contributed by atoms with Crippen LogP contribution in [0.4, 0.5) is 4.39 Å². The van der Waals surface area contributed by atoms with Crippen LogP contribution in [-0.4, -0.2) is 56.6 Å². The van der Waals surface area contributed by atoms with Gasteiger partial charge in [0.25, 0.3) is 0 Å². The summed E-state index contributed by atoms with van der Waals surface area (Å²) in [4.78, 5) is 21.5. The summed E-state index contributed by atoms with van der Waals surface area (Å²) in [5.74, 6) is 1.84. The first-order chi connectivity index (χ1) is 13.4. The summed E-state index contributed by atoms with van der Waals surface area (Å²) in [5, 5.41) is 6.94. The third kappa shape index (κ3) is 5.38. The SMILES string of the molecule is Cc1nc(CCC(=O)N2CCCN(Cc3ccc(F)cc3)C(C(C)C)C2)n[nH]1. The van der Waals surface area contributed by atoms with Crippen molar-refractivity contribution in [1.82, 2.24) is 25.0 Å². The smallest absolute Gasteiger partial charge is 0.223 e. The van der Waals surface area contributed by atoms with E-state index >= 15 is 0 Å². The van der Waals surface area contributed by atoms with Crippen molar-refractivity contribution in [3.8, 4) is 0 Å². The van der Waals surface area contributed by atoms with E-state index in [-0.39, 0.29) is 17.8 Å². The summed E-state index contributed by atoms with van der Waals surface area (Å²) in [6.07, 6.45) is 1.93. The first-order valence-electron chi connectivity index (χ1n) is 10.1. The lowest BCUT2D eigenvalue weighted by atomic mass is 10.0. The number of H-pyrrole nitrogens is 1. The number of aryl methyl sites for hydroxylation is 2. The summed E-state index contributed by atoms with van der Waals surface area (Å²) in [7, 11) is 0. The molecule has 1 fully saturated rings. The summed E-state index contributed by atoms with van der Waals surface area (Å²) < 4.78 is 13.2. The second-order valence-corrected chi connectivity index (χ2v) is 7.94. The van der Waals surface area contributed by atoms with Crippen LogP contribution in [-0.2, 0) is 17.8 Å². The van der Waals surface area contributed by atoms with E-state index < -0.39 is 0 Å². The highest BCUT2D eigenvalue weighted by molar-refractivity contribution is 5.76. The van der Waals surface area contributed by atoms with Gasteiger partial charge in [-0.1, -0.05) is 26.0 Å². The molecule has 1 aliphatic heterocycles. The van der Waals surface area contributed by atoms with Crippen LogP contribution < -0.4 is 0 Å². The summed E-state index contributed by atoms with van der Waals surface area (Å²) in [5.41, 5.74) is 1.10. The van der Waals surface area contributed by atoms with Crippen molar-refractivity contribution in [2.24, 2.45) is 5.92 Å². The molecule has 1 aliphatic rings. The summed E-state index contributed by atoms with van der Waals surface area (Å²) in [6.45, 7) is 9.47. The van der Waals surface area contributed by atoms with Gasteiger partial charge in [-0.3, -0.25) is 14.8 Å². The lowest BCUT2D eigenvalue weighted by Crippen LogP contribution is -2.45. The van der Waals surface area contributed by atoms with Gasteiger partial charge in [0.05, 0.1) is 0 Å². The minimum absolute atomic E-state index is 0.164. The number of carbonyl (C=O) groups excluding carboxylic acids is 1. The van der Waals surface area contributed by atoms with Crippen LogP contribution in [0.5, 0.6) is 0 Å². The molecular formula is C21H30FN5O. The molecule has 0 bridgehead atoms. The number of benzene rings is 1. The van der Waals surface area contributed by atoms with Crippen LogP contribution in [0.2, 0.25) is 0 Å². The summed E-state index contributed by atoms with van der Waals surface area (Å²) in [6, 6.07) is 7.00. The predicted molar refractivity (Wildman–Crippen MR) is 106 cm³/mol. The number of aromatic amines is 1. The number of amides is 1. The maximum absolute atomic E-state index is 13.2. The van der Waals surface area contributed by atoms with Gasteiger partial charge in [-0.05, 0) is 37.0 Å². The average molecular weight is 388 g/mol. The zero-order valence-electron chi connectivity index (χ0n) is 17.0. The Morgan fingerprint density at radius 1 is 1.29 bits per heavy atom. The highest BCUT2D eigenvalue weighted by Gasteiger charge is 2.29.